The summed E-state index contributed by atoms with van der Waals surface area (Å²) in [5.74, 6) is -3.54. The van der Waals surface area contributed by atoms with Gasteiger partial charge in [0.05, 0.1) is 48.4 Å². The van der Waals surface area contributed by atoms with Crippen molar-refractivity contribution in [3.05, 3.63) is 63.6 Å². The number of nitrogens with zero attached hydrogens (tertiary/aromatic N) is 4. The van der Waals surface area contributed by atoms with Crippen LogP contribution in [0.25, 0.3) is 0 Å². The first-order valence-electron chi connectivity index (χ1n) is 15.8. The Balaban J connectivity index is 0.000000367. The van der Waals surface area contributed by atoms with Crippen LogP contribution in [0.4, 0.5) is 5.82 Å². The number of Topliss-reactive ketones (excluding diaryl/α,β-unsaturated/α-hetero) is 1. The summed E-state index contributed by atoms with van der Waals surface area (Å²) in [6.07, 6.45) is -3.19. The number of ether oxygens (including phenoxy) is 3. The molecule has 6 rings (SSSR count). The number of benzene rings is 2. The molecule has 0 radical (unpaired) electrons. The van der Waals surface area contributed by atoms with E-state index in [1.165, 1.54) is 43.6 Å². The summed E-state index contributed by atoms with van der Waals surface area (Å²) in [6.45, 7) is 2.79. The maximum Gasteiger partial charge on any atom is 0.271 e. The second kappa shape index (κ2) is 15.3. The van der Waals surface area contributed by atoms with E-state index in [9.17, 15) is 39.6 Å². The van der Waals surface area contributed by atoms with Crippen molar-refractivity contribution in [2.75, 3.05) is 21.2 Å². The number of ketones is 3. The number of fused-ring (bicyclic) bond motifs is 3. The summed E-state index contributed by atoms with van der Waals surface area (Å²) in [5, 5.41) is 53.0. The minimum atomic E-state index is -2.00. The normalized spacial score (nSPS) is 24.8. The van der Waals surface area contributed by atoms with Gasteiger partial charge >= 0.3 is 0 Å². The van der Waals surface area contributed by atoms with Crippen molar-refractivity contribution >= 4 is 41.5 Å². The molecule has 1 amide bonds. The highest BCUT2D eigenvalue weighted by Gasteiger charge is 2.49. The highest BCUT2D eigenvalue weighted by Crippen LogP contribution is 2.52. The molecule has 3 aliphatic rings. The van der Waals surface area contributed by atoms with Gasteiger partial charge in [-0.25, -0.2) is 4.98 Å². The van der Waals surface area contributed by atoms with Crippen LogP contribution in [-0.2, 0) is 20.7 Å². The number of imidazole rings is 1. The Morgan fingerprint density at radius 3 is 2.40 bits per heavy atom. The van der Waals surface area contributed by atoms with E-state index >= 15 is 0 Å². The number of aromatic nitrogens is 2. The second-order valence-corrected chi connectivity index (χ2v) is 12.6. The third-order valence-electron chi connectivity index (χ3n) is 8.97. The smallest absolute Gasteiger partial charge is 0.271 e. The third-order valence-corrected chi connectivity index (χ3v) is 8.97. The molecule has 2 aliphatic carbocycles. The number of carbonyl (C=O) groups is 4. The predicted molar refractivity (Wildman–Crippen MR) is 183 cm³/mol. The molecule has 1 aliphatic heterocycles. The highest BCUT2D eigenvalue weighted by molar-refractivity contribution is 6.31. The lowest BCUT2D eigenvalue weighted by Crippen LogP contribution is -2.52. The number of rotatable bonds is 7. The minimum absolute atomic E-state index is 0. The van der Waals surface area contributed by atoms with Crippen LogP contribution >= 0.6 is 12.4 Å². The number of aromatic amines is 1. The van der Waals surface area contributed by atoms with Crippen LogP contribution in [0, 0.1) is 0 Å². The lowest BCUT2D eigenvalue weighted by Gasteiger charge is -2.42. The zero-order valence-electron chi connectivity index (χ0n) is 28.8. The fraction of sp³-hybridized carbons (Fsp3) is 0.424. The standard InChI is InChI=1S/C27H29NO10.C6H10N6O.ClH/c1-10-22(30)14(28)7-17(37-10)38-16-9-27(35,11(2)29)8-13-19(16)26(34)21-20(24(13)32)23(31)12-5-4-6-15(36-3)18(12)25(21)33;1-12(2)11-10-6-4(5(7)13)8-3-9-6;/h4-6,10,14,16-17,22,30,32,34-35H,7-9,28H2,1-3H3;3H,1-2H3,(H2,7,13)(H,8,9);1H/b;11-10+;/t10?,14?,16-,17?,22?,27-;;/m0../s1. The summed E-state index contributed by atoms with van der Waals surface area (Å²) < 4.78 is 17.1. The monoisotopic (exact) mass is 745 g/mol. The molecule has 2 aromatic carbocycles. The molecule has 4 unspecified atom stereocenters. The summed E-state index contributed by atoms with van der Waals surface area (Å²) in [6, 6.07) is 3.75. The molecule has 1 aromatic heterocycles. The van der Waals surface area contributed by atoms with Gasteiger partial charge in [0.2, 0.25) is 5.78 Å². The zero-order chi connectivity index (χ0) is 37.5. The Labute approximate surface area is 303 Å². The third kappa shape index (κ3) is 7.21. The Morgan fingerprint density at radius 1 is 1.13 bits per heavy atom. The maximum absolute atomic E-state index is 13.6. The van der Waals surface area contributed by atoms with Gasteiger partial charge in [0.15, 0.2) is 29.4 Å². The van der Waals surface area contributed by atoms with Gasteiger partial charge in [0.25, 0.3) is 5.91 Å². The number of phenolic OH excluding ortho intramolecular Hbond substituents is 2. The van der Waals surface area contributed by atoms with Crippen molar-refractivity contribution in [1.29, 1.82) is 0 Å². The van der Waals surface area contributed by atoms with Gasteiger partial charge in [-0.05, 0) is 19.9 Å². The molecule has 9 N–H and O–H groups in total. The van der Waals surface area contributed by atoms with E-state index in [-0.39, 0.29) is 64.8 Å². The number of aliphatic hydroxyl groups excluding tert-OH is 1. The van der Waals surface area contributed by atoms with Gasteiger partial charge in [-0.2, -0.15) is 0 Å². The molecule has 0 bridgehead atoms. The van der Waals surface area contributed by atoms with E-state index in [1.807, 2.05) is 0 Å². The molecular formula is C33H40ClN7O11. The SMILES string of the molecule is CN(C)/N=N/c1[nH]cnc1C(N)=O.COc1cccc2c1C(=O)c1c(O)c3c(c(O)c1C2=O)C[C@@](O)(C(C)=O)C[C@@H]3OC1CC(N)C(O)C(C)O1.Cl. The Kier molecular flexibility index (Phi) is 11.7. The van der Waals surface area contributed by atoms with E-state index in [2.05, 4.69) is 20.3 Å². The number of nitrogens with one attached hydrogen (secondary N) is 1. The molecule has 19 heteroatoms. The lowest BCUT2D eigenvalue weighted by molar-refractivity contribution is -0.247. The fourth-order valence-corrected chi connectivity index (χ4v) is 6.34. The molecule has 2 heterocycles. The average molecular weight is 746 g/mol. The number of primary amides is 1. The van der Waals surface area contributed by atoms with Gasteiger partial charge in [-0.1, -0.05) is 17.4 Å². The predicted octanol–water partition coefficient (Wildman–Crippen LogP) is 1.52. The summed E-state index contributed by atoms with van der Waals surface area (Å²) in [7, 11) is 4.76. The van der Waals surface area contributed by atoms with Gasteiger partial charge in [0.1, 0.15) is 22.8 Å². The number of hydrogen-bond acceptors (Lipinski definition) is 15. The van der Waals surface area contributed by atoms with Crippen molar-refractivity contribution in [2.24, 2.45) is 21.8 Å². The molecule has 1 saturated heterocycles. The molecule has 1 fully saturated rings. The van der Waals surface area contributed by atoms with Crippen LogP contribution in [-0.4, -0.2) is 110 Å². The Hall–Kier alpha value is -4.98. The Bertz CT molecular complexity index is 1920. The summed E-state index contributed by atoms with van der Waals surface area (Å²) in [5.41, 5.74) is 8.09. The summed E-state index contributed by atoms with van der Waals surface area (Å²) in [4.78, 5) is 56.7. The molecule has 18 nitrogen and oxygen atoms in total. The fourth-order valence-electron chi connectivity index (χ4n) is 6.34. The quantitative estimate of drug-likeness (QED) is 0.0802. The molecule has 3 aromatic rings. The van der Waals surface area contributed by atoms with Crippen LogP contribution in [0.2, 0.25) is 0 Å². The molecular weight excluding hydrogens is 706 g/mol. The first-order chi connectivity index (χ1) is 24.0. The number of phenols is 2. The average Bonchev–Trinajstić information content (AvgIpc) is 3.56. The van der Waals surface area contributed by atoms with Crippen molar-refractivity contribution in [2.45, 2.75) is 69.4 Å². The first kappa shape index (κ1) is 39.8. The van der Waals surface area contributed by atoms with Gasteiger partial charge < -0.3 is 51.1 Å². The van der Waals surface area contributed by atoms with E-state index in [4.69, 9.17) is 25.7 Å². The van der Waals surface area contributed by atoms with Gasteiger partial charge in [0, 0.05) is 56.1 Å². The van der Waals surface area contributed by atoms with Gasteiger partial charge in [-0.3, -0.25) is 24.2 Å². The maximum atomic E-state index is 13.6. The minimum Gasteiger partial charge on any atom is -0.507 e. The highest BCUT2D eigenvalue weighted by atomic mass is 35.5. The van der Waals surface area contributed by atoms with E-state index in [0.717, 1.165) is 0 Å². The van der Waals surface area contributed by atoms with E-state index < -0.39 is 88.5 Å². The van der Waals surface area contributed by atoms with Crippen LogP contribution in [0.15, 0.2) is 34.9 Å². The number of hydrogen-bond donors (Lipinski definition) is 7. The number of H-pyrrole nitrogens is 1. The van der Waals surface area contributed by atoms with Crippen molar-refractivity contribution in [1.82, 2.24) is 15.0 Å². The lowest BCUT2D eigenvalue weighted by atomic mass is 9.72. The van der Waals surface area contributed by atoms with Crippen molar-refractivity contribution in [3.8, 4) is 17.2 Å². The molecule has 52 heavy (non-hydrogen) atoms. The first-order valence-corrected chi connectivity index (χ1v) is 15.8. The van der Waals surface area contributed by atoms with Gasteiger partial charge in [-0.15, -0.1) is 17.5 Å². The van der Waals surface area contributed by atoms with Crippen LogP contribution in [0.5, 0.6) is 17.2 Å². The zero-order valence-corrected chi connectivity index (χ0v) is 29.6. The number of aliphatic hydroxyl groups is 2. The second-order valence-electron chi connectivity index (χ2n) is 12.6. The van der Waals surface area contributed by atoms with Crippen LogP contribution in [0.3, 0.4) is 0 Å². The molecule has 280 valence electrons. The Morgan fingerprint density at radius 2 is 1.81 bits per heavy atom. The van der Waals surface area contributed by atoms with Crippen LogP contribution in [0.1, 0.15) is 86.3 Å². The van der Waals surface area contributed by atoms with Crippen LogP contribution < -0.4 is 16.2 Å². The number of amides is 1. The number of nitrogens with two attached hydrogens (primary N) is 2. The number of aromatic hydroxyl groups is 2. The van der Waals surface area contributed by atoms with E-state index in [1.54, 1.807) is 21.0 Å². The topological polar surface area (TPSA) is 286 Å². The number of methoxy groups -OCH3 is 1. The van der Waals surface area contributed by atoms with E-state index in [0.29, 0.717) is 0 Å². The molecule has 6 atom stereocenters. The number of halogens is 1. The van der Waals surface area contributed by atoms with Crippen molar-refractivity contribution < 1.29 is 53.8 Å². The largest absolute Gasteiger partial charge is 0.507 e. The summed E-state index contributed by atoms with van der Waals surface area (Å²) >= 11 is 0. The van der Waals surface area contributed by atoms with Crippen molar-refractivity contribution in [3.63, 3.8) is 0 Å². The number of carbonyl (C=O) groups excluding carboxylic acids is 4. The molecule has 0 spiro atoms. The molecule has 0 saturated carbocycles.